The minimum Gasteiger partial charge on any atom is -0.497 e. The van der Waals surface area contributed by atoms with E-state index >= 15 is 0 Å². The highest BCUT2D eigenvalue weighted by molar-refractivity contribution is 5.83. The number of nitrogens with one attached hydrogen (secondary N) is 2. The molecule has 5 nitrogen and oxygen atoms in total. The average Bonchev–Trinajstić information content (AvgIpc) is 3.04. The first kappa shape index (κ1) is 16.1. The number of benzene rings is 1. The van der Waals surface area contributed by atoms with E-state index in [4.69, 9.17) is 9.47 Å². The summed E-state index contributed by atoms with van der Waals surface area (Å²) in [6.45, 7) is 2.82. The van der Waals surface area contributed by atoms with E-state index in [0.29, 0.717) is 19.1 Å². The molecule has 1 aliphatic heterocycles. The van der Waals surface area contributed by atoms with Crippen LogP contribution in [0.3, 0.4) is 0 Å². The largest absolute Gasteiger partial charge is 0.497 e. The maximum Gasteiger partial charge on any atom is 0.227 e. The van der Waals surface area contributed by atoms with E-state index in [1.807, 2.05) is 24.3 Å². The summed E-state index contributed by atoms with van der Waals surface area (Å²) >= 11 is 0. The molecule has 5 heteroatoms. The van der Waals surface area contributed by atoms with Crippen LogP contribution < -0.4 is 20.1 Å². The predicted octanol–water partition coefficient (Wildman–Crippen LogP) is 1.97. The minimum absolute atomic E-state index is 0.182. The fourth-order valence-electron chi connectivity index (χ4n) is 3.87. The highest BCUT2D eigenvalue weighted by atomic mass is 16.5. The average molecular weight is 318 g/mol. The zero-order valence-electron chi connectivity index (χ0n) is 13.8. The van der Waals surface area contributed by atoms with Crippen molar-refractivity contribution in [2.75, 3.05) is 33.4 Å². The molecule has 0 aromatic heterocycles. The van der Waals surface area contributed by atoms with Crippen LogP contribution in [0.15, 0.2) is 24.3 Å². The molecular formula is C18H26N2O3. The summed E-state index contributed by atoms with van der Waals surface area (Å²) < 4.78 is 10.8. The molecule has 0 unspecified atom stereocenters. The molecule has 1 saturated carbocycles. The number of methoxy groups -OCH3 is 1. The van der Waals surface area contributed by atoms with Crippen LogP contribution in [0.4, 0.5) is 0 Å². The Kier molecular flexibility index (Phi) is 5.06. The van der Waals surface area contributed by atoms with Gasteiger partial charge in [0.1, 0.15) is 18.1 Å². The quantitative estimate of drug-likeness (QED) is 0.787. The van der Waals surface area contributed by atoms with Crippen LogP contribution >= 0.6 is 0 Å². The highest BCUT2D eigenvalue weighted by Crippen LogP contribution is 2.43. The molecule has 2 N–H and O–H groups in total. The van der Waals surface area contributed by atoms with Gasteiger partial charge in [-0.1, -0.05) is 12.8 Å². The molecular weight excluding hydrogens is 292 g/mol. The van der Waals surface area contributed by atoms with E-state index in [1.54, 1.807) is 7.11 Å². The summed E-state index contributed by atoms with van der Waals surface area (Å²) in [4.78, 5) is 12.7. The van der Waals surface area contributed by atoms with Crippen LogP contribution in [-0.2, 0) is 4.79 Å². The lowest BCUT2D eigenvalue weighted by molar-refractivity contribution is -0.134. The van der Waals surface area contributed by atoms with Crippen molar-refractivity contribution < 1.29 is 14.3 Å². The van der Waals surface area contributed by atoms with Crippen molar-refractivity contribution in [3.63, 3.8) is 0 Å². The molecule has 1 aromatic rings. The Morgan fingerprint density at radius 2 is 2.09 bits per heavy atom. The molecule has 0 spiro atoms. The van der Waals surface area contributed by atoms with Crippen molar-refractivity contribution in [3.8, 4) is 11.5 Å². The van der Waals surface area contributed by atoms with E-state index in [2.05, 4.69) is 10.6 Å². The van der Waals surface area contributed by atoms with Gasteiger partial charge in [0.05, 0.1) is 19.1 Å². The van der Waals surface area contributed by atoms with Crippen molar-refractivity contribution in [3.05, 3.63) is 24.3 Å². The lowest BCUT2D eigenvalue weighted by atomic mass is 9.67. The second-order valence-corrected chi connectivity index (χ2v) is 6.51. The maximum atomic E-state index is 12.7. The summed E-state index contributed by atoms with van der Waals surface area (Å²) in [5.74, 6) is 2.29. The Morgan fingerprint density at radius 1 is 1.30 bits per heavy atom. The zero-order chi connectivity index (χ0) is 16.1. The Bertz CT molecular complexity index is 532. The van der Waals surface area contributed by atoms with Crippen LogP contribution in [0.1, 0.15) is 25.7 Å². The maximum absolute atomic E-state index is 12.7. The van der Waals surface area contributed by atoms with Crippen molar-refractivity contribution >= 4 is 5.91 Å². The number of hydrogen-bond donors (Lipinski definition) is 2. The molecule has 2 atom stereocenters. The van der Waals surface area contributed by atoms with Gasteiger partial charge in [0.2, 0.25) is 5.91 Å². The van der Waals surface area contributed by atoms with Gasteiger partial charge in [-0.3, -0.25) is 4.79 Å². The van der Waals surface area contributed by atoms with Crippen molar-refractivity contribution in [2.45, 2.75) is 25.7 Å². The van der Waals surface area contributed by atoms with E-state index in [-0.39, 0.29) is 11.3 Å². The molecule has 1 saturated heterocycles. The third-order valence-corrected chi connectivity index (χ3v) is 5.21. The third-order valence-electron chi connectivity index (χ3n) is 5.21. The second kappa shape index (κ2) is 7.21. The minimum atomic E-state index is -0.182. The normalized spacial score (nSPS) is 26.4. The Balaban J connectivity index is 1.45. The molecule has 0 radical (unpaired) electrons. The summed E-state index contributed by atoms with van der Waals surface area (Å²) in [6.07, 6.45) is 4.59. The molecule has 2 aliphatic rings. The van der Waals surface area contributed by atoms with Crippen LogP contribution in [-0.4, -0.2) is 39.3 Å². The van der Waals surface area contributed by atoms with E-state index in [1.165, 1.54) is 12.8 Å². The highest BCUT2D eigenvalue weighted by Gasteiger charge is 2.49. The lowest BCUT2D eigenvalue weighted by Crippen LogP contribution is -2.48. The van der Waals surface area contributed by atoms with Gasteiger partial charge < -0.3 is 20.1 Å². The van der Waals surface area contributed by atoms with Gasteiger partial charge in [-0.15, -0.1) is 0 Å². The molecule has 3 rings (SSSR count). The summed E-state index contributed by atoms with van der Waals surface area (Å²) in [5.41, 5.74) is -0.182. The molecule has 0 bridgehead atoms. The van der Waals surface area contributed by atoms with Crippen LogP contribution in [0.2, 0.25) is 0 Å². The van der Waals surface area contributed by atoms with Crippen molar-refractivity contribution in [2.24, 2.45) is 11.3 Å². The number of ether oxygens (including phenoxy) is 2. The van der Waals surface area contributed by atoms with Gasteiger partial charge in [0.25, 0.3) is 0 Å². The number of carbonyl (C=O) groups excluding carboxylic acids is 1. The topological polar surface area (TPSA) is 59.6 Å². The van der Waals surface area contributed by atoms with Crippen molar-refractivity contribution in [1.82, 2.24) is 10.6 Å². The smallest absolute Gasteiger partial charge is 0.227 e. The SMILES string of the molecule is COc1ccc(OCCNC(=O)[C@@]23CCCC[C@H]2CNC3)cc1. The third kappa shape index (κ3) is 3.44. The number of rotatable bonds is 6. The van der Waals surface area contributed by atoms with E-state index in [9.17, 15) is 4.79 Å². The van der Waals surface area contributed by atoms with E-state index in [0.717, 1.165) is 37.4 Å². The fourth-order valence-corrected chi connectivity index (χ4v) is 3.87. The standard InChI is InChI=1S/C18H26N2O3/c1-22-15-5-7-16(8-6-15)23-11-10-20-17(21)18-9-3-2-4-14(18)12-19-13-18/h5-8,14,19H,2-4,9-13H2,1H3,(H,20,21)/t14-,18+/m0/s1. The van der Waals surface area contributed by atoms with Crippen molar-refractivity contribution in [1.29, 1.82) is 0 Å². The van der Waals surface area contributed by atoms with Gasteiger partial charge in [-0.2, -0.15) is 0 Å². The number of amides is 1. The van der Waals surface area contributed by atoms with Gasteiger partial charge in [-0.05, 0) is 49.6 Å². The first-order valence-electron chi connectivity index (χ1n) is 8.50. The first-order valence-corrected chi connectivity index (χ1v) is 8.50. The molecule has 1 amide bonds. The Labute approximate surface area is 137 Å². The van der Waals surface area contributed by atoms with E-state index < -0.39 is 0 Å². The molecule has 1 heterocycles. The van der Waals surface area contributed by atoms with Crippen LogP contribution in [0.5, 0.6) is 11.5 Å². The first-order chi connectivity index (χ1) is 11.2. The number of fused-ring (bicyclic) bond motifs is 1. The number of carbonyl (C=O) groups is 1. The zero-order valence-corrected chi connectivity index (χ0v) is 13.8. The van der Waals surface area contributed by atoms with Gasteiger partial charge in [0, 0.05) is 6.54 Å². The van der Waals surface area contributed by atoms with Crippen LogP contribution in [0.25, 0.3) is 0 Å². The number of hydrogen-bond acceptors (Lipinski definition) is 4. The van der Waals surface area contributed by atoms with Gasteiger partial charge in [0.15, 0.2) is 0 Å². The monoisotopic (exact) mass is 318 g/mol. The molecule has 1 aromatic carbocycles. The summed E-state index contributed by atoms with van der Waals surface area (Å²) in [7, 11) is 1.64. The summed E-state index contributed by atoms with van der Waals surface area (Å²) in [5, 5.41) is 6.49. The predicted molar refractivity (Wildman–Crippen MR) is 88.8 cm³/mol. The fraction of sp³-hybridized carbons (Fsp3) is 0.611. The van der Waals surface area contributed by atoms with Crippen LogP contribution in [0, 0.1) is 11.3 Å². The van der Waals surface area contributed by atoms with Gasteiger partial charge in [-0.25, -0.2) is 0 Å². The Hall–Kier alpha value is -1.75. The summed E-state index contributed by atoms with van der Waals surface area (Å²) in [6, 6.07) is 7.47. The molecule has 126 valence electrons. The second-order valence-electron chi connectivity index (χ2n) is 6.51. The lowest BCUT2D eigenvalue weighted by Gasteiger charge is -2.37. The Morgan fingerprint density at radius 3 is 2.87 bits per heavy atom. The van der Waals surface area contributed by atoms with Gasteiger partial charge >= 0.3 is 0 Å². The molecule has 23 heavy (non-hydrogen) atoms. The molecule has 1 aliphatic carbocycles. The molecule has 2 fully saturated rings.